The molecule has 4 nitrogen and oxygen atoms in total. The molecule has 1 rings (SSSR count). The van der Waals surface area contributed by atoms with Crippen LogP contribution < -0.4 is 0 Å². The summed E-state index contributed by atoms with van der Waals surface area (Å²) in [6.07, 6.45) is -2.77. The van der Waals surface area contributed by atoms with Crippen LogP contribution in [0.4, 0.5) is 0 Å². The highest BCUT2D eigenvalue weighted by molar-refractivity contribution is 7.81. The number of rotatable bonds is 1. The summed E-state index contributed by atoms with van der Waals surface area (Å²) >= 11 is 3.93. The smallest absolute Gasteiger partial charge is 0.182 e. The van der Waals surface area contributed by atoms with Crippen molar-refractivity contribution in [2.45, 2.75) is 23.7 Å². The molecule has 5 heteroatoms. The van der Waals surface area contributed by atoms with Crippen molar-refractivity contribution < 1.29 is 20.1 Å². The third-order valence-electron chi connectivity index (χ3n) is 1.52. The third-order valence-corrected chi connectivity index (χ3v) is 2.16. The molecule has 0 aromatic rings. The van der Waals surface area contributed by atoms with E-state index in [9.17, 15) is 0 Å². The number of aliphatic hydroxyl groups excluding tert-OH is 3. The Bertz CT molecular complexity index is 120. The minimum absolute atomic E-state index is 0.234. The highest BCUT2D eigenvalue weighted by Gasteiger charge is 2.39. The number of hydrogen-bond donors (Lipinski definition) is 4. The first-order chi connectivity index (χ1) is 4.66. The predicted octanol–water partition coefficient (Wildman–Crippen LogP) is -1.64. The van der Waals surface area contributed by atoms with E-state index in [4.69, 9.17) is 20.1 Å². The van der Waals surface area contributed by atoms with E-state index in [2.05, 4.69) is 12.6 Å². The predicted molar refractivity (Wildman–Crippen MR) is 36.7 cm³/mol. The molecule has 1 heterocycles. The van der Waals surface area contributed by atoms with Crippen LogP contribution in [0.1, 0.15) is 0 Å². The average molecular weight is 166 g/mol. The first-order valence-electron chi connectivity index (χ1n) is 2.97. The highest BCUT2D eigenvalue weighted by Crippen LogP contribution is 2.23. The quantitative estimate of drug-likeness (QED) is 0.352. The van der Waals surface area contributed by atoms with Crippen LogP contribution in [0.5, 0.6) is 0 Å². The van der Waals surface area contributed by atoms with E-state index in [0.29, 0.717) is 0 Å². The van der Waals surface area contributed by atoms with Crippen LogP contribution in [0.15, 0.2) is 0 Å². The van der Waals surface area contributed by atoms with Crippen molar-refractivity contribution in [3.63, 3.8) is 0 Å². The molecular weight excluding hydrogens is 156 g/mol. The van der Waals surface area contributed by atoms with Crippen LogP contribution in [-0.4, -0.2) is 45.7 Å². The standard InChI is InChI=1S/C5H10O4S/c6-1-2-4(10)3(7)5(8)9-2/h2-8,10H,1H2/t2-,3+,4-,5-/m1/s1. The van der Waals surface area contributed by atoms with Gasteiger partial charge in [-0.15, -0.1) is 0 Å². The molecule has 0 aromatic carbocycles. The number of aliphatic hydroxyl groups is 3. The Balaban J connectivity index is 2.53. The lowest BCUT2D eigenvalue weighted by Gasteiger charge is -2.09. The molecule has 0 saturated carbocycles. The molecule has 1 fully saturated rings. The monoisotopic (exact) mass is 166 g/mol. The first kappa shape index (κ1) is 8.29. The van der Waals surface area contributed by atoms with Crippen molar-refractivity contribution in [3.8, 4) is 0 Å². The average Bonchev–Trinajstić information content (AvgIpc) is 2.17. The van der Waals surface area contributed by atoms with Crippen molar-refractivity contribution in [2.75, 3.05) is 6.61 Å². The van der Waals surface area contributed by atoms with Gasteiger partial charge in [-0.2, -0.15) is 12.6 Å². The fourth-order valence-electron chi connectivity index (χ4n) is 0.880. The lowest BCUT2D eigenvalue weighted by Crippen LogP contribution is -2.29. The van der Waals surface area contributed by atoms with E-state index in [1.807, 2.05) is 0 Å². The summed E-state index contributed by atoms with van der Waals surface area (Å²) in [6.45, 7) is -0.234. The van der Waals surface area contributed by atoms with Crippen LogP contribution in [0, 0.1) is 0 Å². The summed E-state index contributed by atoms with van der Waals surface area (Å²) < 4.78 is 4.71. The normalized spacial score (nSPS) is 48.0. The van der Waals surface area contributed by atoms with E-state index in [0.717, 1.165) is 0 Å². The number of ether oxygens (including phenoxy) is 1. The summed E-state index contributed by atoms with van der Waals surface area (Å²) in [5, 5.41) is 25.9. The molecule has 1 saturated heterocycles. The van der Waals surface area contributed by atoms with E-state index >= 15 is 0 Å². The Labute approximate surface area is 63.8 Å². The topological polar surface area (TPSA) is 69.9 Å². The van der Waals surface area contributed by atoms with Gasteiger partial charge in [-0.3, -0.25) is 0 Å². The Hall–Kier alpha value is 0.190. The zero-order valence-electron chi connectivity index (χ0n) is 5.21. The van der Waals surface area contributed by atoms with Crippen LogP contribution in [0.2, 0.25) is 0 Å². The van der Waals surface area contributed by atoms with E-state index < -0.39 is 23.7 Å². The van der Waals surface area contributed by atoms with Crippen molar-refractivity contribution in [2.24, 2.45) is 0 Å². The van der Waals surface area contributed by atoms with Gasteiger partial charge in [0.25, 0.3) is 0 Å². The van der Waals surface area contributed by atoms with Gasteiger partial charge in [0.05, 0.1) is 18.0 Å². The van der Waals surface area contributed by atoms with Gasteiger partial charge in [-0.05, 0) is 0 Å². The Morgan fingerprint density at radius 2 is 2.00 bits per heavy atom. The molecule has 0 unspecified atom stereocenters. The molecule has 0 aliphatic carbocycles. The summed E-state index contributed by atoms with van der Waals surface area (Å²) in [5.41, 5.74) is 0. The maximum absolute atomic E-state index is 9.01. The second-order valence-electron chi connectivity index (χ2n) is 2.23. The molecule has 1 aliphatic heterocycles. The molecule has 0 aromatic heterocycles. The molecule has 0 spiro atoms. The van der Waals surface area contributed by atoms with Crippen LogP contribution in [0.25, 0.3) is 0 Å². The molecule has 4 atom stereocenters. The van der Waals surface area contributed by atoms with Crippen LogP contribution in [-0.2, 0) is 4.74 Å². The van der Waals surface area contributed by atoms with Crippen LogP contribution >= 0.6 is 12.6 Å². The summed E-state index contributed by atoms with van der Waals surface area (Å²) in [6, 6.07) is 0. The van der Waals surface area contributed by atoms with Crippen molar-refractivity contribution in [1.82, 2.24) is 0 Å². The lowest BCUT2D eigenvalue weighted by molar-refractivity contribution is -0.132. The second kappa shape index (κ2) is 3.06. The molecule has 10 heavy (non-hydrogen) atoms. The van der Waals surface area contributed by atoms with Gasteiger partial charge < -0.3 is 20.1 Å². The maximum atomic E-state index is 9.01. The van der Waals surface area contributed by atoms with Gasteiger partial charge >= 0.3 is 0 Å². The summed E-state index contributed by atoms with van der Waals surface area (Å²) in [5.74, 6) is 0. The number of hydrogen-bond acceptors (Lipinski definition) is 5. The van der Waals surface area contributed by atoms with Gasteiger partial charge in [0.15, 0.2) is 6.29 Å². The summed E-state index contributed by atoms with van der Waals surface area (Å²) in [7, 11) is 0. The van der Waals surface area contributed by atoms with Gasteiger partial charge in [-0.1, -0.05) is 0 Å². The minimum Gasteiger partial charge on any atom is -0.394 e. The Morgan fingerprint density at radius 1 is 1.40 bits per heavy atom. The lowest BCUT2D eigenvalue weighted by atomic mass is 10.2. The minimum atomic E-state index is -1.21. The van der Waals surface area contributed by atoms with Crippen LogP contribution in [0.3, 0.4) is 0 Å². The van der Waals surface area contributed by atoms with Gasteiger partial charge in [0.1, 0.15) is 6.10 Å². The molecule has 3 N–H and O–H groups in total. The molecule has 0 radical (unpaired) electrons. The van der Waals surface area contributed by atoms with Crippen molar-refractivity contribution in [3.05, 3.63) is 0 Å². The number of thiol groups is 1. The maximum Gasteiger partial charge on any atom is 0.182 e. The summed E-state index contributed by atoms with van der Waals surface area (Å²) in [4.78, 5) is 0. The second-order valence-corrected chi connectivity index (χ2v) is 2.83. The Morgan fingerprint density at radius 3 is 2.20 bits per heavy atom. The van der Waals surface area contributed by atoms with Gasteiger partial charge in [0.2, 0.25) is 0 Å². The molecule has 60 valence electrons. The van der Waals surface area contributed by atoms with Gasteiger partial charge in [0, 0.05) is 0 Å². The van der Waals surface area contributed by atoms with E-state index in [-0.39, 0.29) is 6.61 Å². The molecule has 0 bridgehead atoms. The zero-order valence-corrected chi connectivity index (χ0v) is 6.11. The Kier molecular flexibility index (Phi) is 2.54. The van der Waals surface area contributed by atoms with Crippen molar-refractivity contribution >= 4 is 12.6 Å². The fraction of sp³-hybridized carbons (Fsp3) is 1.00. The first-order valence-corrected chi connectivity index (χ1v) is 3.49. The van der Waals surface area contributed by atoms with Crippen molar-refractivity contribution in [1.29, 1.82) is 0 Å². The SMILES string of the molecule is OC[C@H]1O[C@@H](O)[C@@H](O)[C@@H]1S. The molecule has 0 amide bonds. The van der Waals surface area contributed by atoms with E-state index in [1.54, 1.807) is 0 Å². The third kappa shape index (κ3) is 1.28. The zero-order chi connectivity index (χ0) is 7.72. The van der Waals surface area contributed by atoms with Gasteiger partial charge in [-0.25, -0.2) is 0 Å². The molecule has 1 aliphatic rings. The fourth-order valence-corrected chi connectivity index (χ4v) is 1.19. The largest absolute Gasteiger partial charge is 0.394 e. The molecular formula is C5H10O4S. The van der Waals surface area contributed by atoms with E-state index in [1.165, 1.54) is 0 Å². The highest BCUT2D eigenvalue weighted by atomic mass is 32.1.